The fourth-order valence-corrected chi connectivity index (χ4v) is 4.10. The number of hydrogen-bond acceptors (Lipinski definition) is 5. The third-order valence-electron chi connectivity index (χ3n) is 4.01. The predicted octanol–water partition coefficient (Wildman–Crippen LogP) is 3.56. The van der Waals surface area contributed by atoms with Crippen molar-refractivity contribution in [2.75, 3.05) is 12.3 Å². The van der Waals surface area contributed by atoms with Gasteiger partial charge in [-0.25, -0.2) is 0 Å². The van der Waals surface area contributed by atoms with Crippen molar-refractivity contribution in [1.82, 2.24) is 20.1 Å². The van der Waals surface area contributed by atoms with Gasteiger partial charge >= 0.3 is 0 Å². The first-order valence-corrected chi connectivity index (χ1v) is 10.4. The molecule has 7 heteroatoms. The summed E-state index contributed by atoms with van der Waals surface area (Å²) < 4.78 is 1.95. The summed E-state index contributed by atoms with van der Waals surface area (Å²) >= 11 is 3.15. The number of thioether (sulfide) groups is 1. The summed E-state index contributed by atoms with van der Waals surface area (Å²) in [5, 5.41) is 14.3. The molecular weight excluding hydrogens is 364 g/mol. The molecule has 0 fully saturated rings. The first-order chi connectivity index (χ1) is 12.7. The van der Waals surface area contributed by atoms with E-state index in [2.05, 4.69) is 46.0 Å². The van der Waals surface area contributed by atoms with Gasteiger partial charge in [0.25, 0.3) is 0 Å². The minimum Gasteiger partial charge on any atom is -0.355 e. The van der Waals surface area contributed by atoms with Crippen LogP contribution in [0.4, 0.5) is 0 Å². The number of hydrogen-bond donors (Lipinski definition) is 1. The standard InChI is InChI=1S/C19H22N4OS2/c1-3-16-11-15(12-25-16)18-21-22-19(23(18)2)26-13-17(24)20-10-9-14-7-5-4-6-8-14/h4-8,11-12H,3,9-10,13H2,1-2H3,(H,20,24). The Morgan fingerprint density at radius 3 is 2.81 bits per heavy atom. The number of benzene rings is 1. The van der Waals surface area contributed by atoms with E-state index in [4.69, 9.17) is 0 Å². The number of nitrogens with one attached hydrogen (secondary N) is 1. The smallest absolute Gasteiger partial charge is 0.230 e. The monoisotopic (exact) mass is 386 g/mol. The zero-order valence-electron chi connectivity index (χ0n) is 14.9. The summed E-state index contributed by atoms with van der Waals surface area (Å²) in [5.41, 5.74) is 2.31. The number of rotatable bonds is 8. The van der Waals surface area contributed by atoms with E-state index in [9.17, 15) is 4.79 Å². The Morgan fingerprint density at radius 1 is 1.27 bits per heavy atom. The van der Waals surface area contributed by atoms with E-state index in [0.717, 1.165) is 29.4 Å². The number of amides is 1. The molecule has 1 amide bonds. The van der Waals surface area contributed by atoms with Crippen molar-refractivity contribution in [3.05, 3.63) is 52.2 Å². The molecule has 136 valence electrons. The van der Waals surface area contributed by atoms with Gasteiger partial charge in [-0.05, 0) is 24.5 Å². The van der Waals surface area contributed by atoms with E-state index in [1.807, 2.05) is 29.8 Å². The highest BCUT2D eigenvalue weighted by atomic mass is 32.2. The highest BCUT2D eigenvalue weighted by Crippen LogP contribution is 2.26. The van der Waals surface area contributed by atoms with E-state index >= 15 is 0 Å². The second-order valence-electron chi connectivity index (χ2n) is 5.89. The molecule has 0 unspecified atom stereocenters. The van der Waals surface area contributed by atoms with Gasteiger partial charge in [0, 0.05) is 29.4 Å². The number of aromatic nitrogens is 3. The third kappa shape index (κ3) is 4.74. The molecule has 0 bridgehead atoms. The van der Waals surface area contributed by atoms with Gasteiger partial charge in [0.15, 0.2) is 11.0 Å². The molecule has 1 aromatic carbocycles. The molecule has 3 rings (SSSR count). The summed E-state index contributed by atoms with van der Waals surface area (Å²) in [5.74, 6) is 1.19. The van der Waals surface area contributed by atoms with Crippen molar-refractivity contribution >= 4 is 29.0 Å². The van der Waals surface area contributed by atoms with Crippen molar-refractivity contribution < 1.29 is 4.79 Å². The van der Waals surface area contributed by atoms with Crippen molar-refractivity contribution in [1.29, 1.82) is 0 Å². The van der Waals surface area contributed by atoms with E-state index in [0.29, 0.717) is 12.3 Å². The van der Waals surface area contributed by atoms with Crippen molar-refractivity contribution in [3.63, 3.8) is 0 Å². The van der Waals surface area contributed by atoms with Crippen LogP contribution < -0.4 is 5.32 Å². The van der Waals surface area contributed by atoms with Crippen LogP contribution in [0.15, 0.2) is 46.9 Å². The maximum absolute atomic E-state index is 12.0. The van der Waals surface area contributed by atoms with Crippen molar-refractivity contribution in [3.8, 4) is 11.4 Å². The minimum atomic E-state index is 0.0132. The van der Waals surface area contributed by atoms with Gasteiger partial charge in [0.1, 0.15) is 0 Å². The maximum Gasteiger partial charge on any atom is 0.230 e. The lowest BCUT2D eigenvalue weighted by molar-refractivity contribution is -0.118. The van der Waals surface area contributed by atoms with Gasteiger partial charge in [0.05, 0.1) is 5.75 Å². The minimum absolute atomic E-state index is 0.0132. The molecule has 0 aliphatic heterocycles. The van der Waals surface area contributed by atoms with Crippen LogP contribution in [0, 0.1) is 0 Å². The lowest BCUT2D eigenvalue weighted by atomic mass is 10.1. The number of thiophene rings is 1. The fourth-order valence-electron chi connectivity index (χ4n) is 2.55. The number of aryl methyl sites for hydroxylation is 1. The van der Waals surface area contributed by atoms with Gasteiger partial charge in [-0.3, -0.25) is 4.79 Å². The average molecular weight is 387 g/mol. The number of nitrogens with zero attached hydrogens (tertiary/aromatic N) is 3. The Bertz CT molecular complexity index is 858. The summed E-state index contributed by atoms with van der Waals surface area (Å²) in [4.78, 5) is 13.4. The molecule has 1 N–H and O–H groups in total. The summed E-state index contributed by atoms with van der Waals surface area (Å²) in [7, 11) is 1.94. The molecule has 0 aliphatic rings. The number of carbonyl (C=O) groups excluding carboxylic acids is 1. The number of carbonyl (C=O) groups is 1. The molecule has 2 aromatic heterocycles. The van der Waals surface area contributed by atoms with Gasteiger partial charge in [0.2, 0.25) is 5.91 Å². The van der Waals surface area contributed by atoms with Crippen LogP contribution >= 0.6 is 23.1 Å². The second-order valence-corrected chi connectivity index (χ2v) is 7.83. The van der Waals surface area contributed by atoms with Gasteiger partial charge in [-0.2, -0.15) is 0 Å². The molecule has 0 atom stereocenters. The lowest BCUT2D eigenvalue weighted by Crippen LogP contribution is -2.27. The highest BCUT2D eigenvalue weighted by Gasteiger charge is 2.14. The molecule has 3 aromatic rings. The topological polar surface area (TPSA) is 59.8 Å². The predicted molar refractivity (Wildman–Crippen MR) is 108 cm³/mol. The third-order valence-corrected chi connectivity index (χ3v) is 6.11. The van der Waals surface area contributed by atoms with Gasteiger partial charge in [-0.1, -0.05) is 49.0 Å². The van der Waals surface area contributed by atoms with Gasteiger partial charge < -0.3 is 9.88 Å². The Morgan fingerprint density at radius 2 is 2.08 bits per heavy atom. The maximum atomic E-state index is 12.0. The largest absolute Gasteiger partial charge is 0.355 e. The average Bonchev–Trinajstić information content (AvgIpc) is 3.27. The Hall–Kier alpha value is -2.12. The van der Waals surface area contributed by atoms with E-state index < -0.39 is 0 Å². The second kappa shape index (κ2) is 9.00. The normalized spacial score (nSPS) is 10.8. The molecule has 0 spiro atoms. The molecule has 0 radical (unpaired) electrons. The summed E-state index contributed by atoms with van der Waals surface area (Å²) in [6.45, 7) is 2.78. The Kier molecular flexibility index (Phi) is 6.46. The van der Waals surface area contributed by atoms with Crippen LogP contribution in [0.3, 0.4) is 0 Å². The van der Waals surface area contributed by atoms with Crippen LogP contribution in [0.2, 0.25) is 0 Å². The van der Waals surface area contributed by atoms with E-state index in [-0.39, 0.29) is 5.91 Å². The van der Waals surface area contributed by atoms with Crippen LogP contribution in [0.5, 0.6) is 0 Å². The molecule has 26 heavy (non-hydrogen) atoms. The zero-order valence-corrected chi connectivity index (χ0v) is 16.6. The summed E-state index contributed by atoms with van der Waals surface area (Å²) in [6.07, 6.45) is 1.86. The molecular formula is C19H22N4OS2. The van der Waals surface area contributed by atoms with E-state index in [1.165, 1.54) is 22.2 Å². The Labute approximate surface area is 161 Å². The fraction of sp³-hybridized carbons (Fsp3) is 0.316. The first kappa shape index (κ1) is 18.7. The Balaban J connectivity index is 1.49. The molecule has 2 heterocycles. The summed E-state index contributed by atoms with van der Waals surface area (Å²) in [6, 6.07) is 12.3. The van der Waals surface area contributed by atoms with Gasteiger partial charge in [-0.15, -0.1) is 21.5 Å². The SMILES string of the molecule is CCc1cc(-c2nnc(SCC(=O)NCCc3ccccc3)n2C)cs1. The first-order valence-electron chi connectivity index (χ1n) is 8.58. The quantitative estimate of drug-likeness (QED) is 0.602. The van der Waals surface area contributed by atoms with Crippen LogP contribution in [-0.2, 0) is 24.7 Å². The van der Waals surface area contributed by atoms with E-state index in [1.54, 1.807) is 11.3 Å². The molecule has 0 saturated heterocycles. The van der Waals surface area contributed by atoms with Crippen molar-refractivity contribution in [2.24, 2.45) is 7.05 Å². The molecule has 0 saturated carbocycles. The zero-order chi connectivity index (χ0) is 18.4. The molecule has 5 nitrogen and oxygen atoms in total. The molecule has 0 aliphatic carbocycles. The van der Waals surface area contributed by atoms with Crippen LogP contribution in [0.1, 0.15) is 17.4 Å². The lowest BCUT2D eigenvalue weighted by Gasteiger charge is -2.05. The van der Waals surface area contributed by atoms with Crippen LogP contribution in [-0.4, -0.2) is 33.0 Å². The highest BCUT2D eigenvalue weighted by molar-refractivity contribution is 7.99. The van der Waals surface area contributed by atoms with Crippen molar-refractivity contribution in [2.45, 2.75) is 24.9 Å². The van der Waals surface area contributed by atoms with Crippen LogP contribution in [0.25, 0.3) is 11.4 Å².